The highest BCUT2D eigenvalue weighted by Crippen LogP contribution is 2.13. The maximum atomic E-state index is 5.76. The predicted octanol–water partition coefficient (Wildman–Crippen LogP) is 2.78. The number of nitrogens with zero attached hydrogens (tertiary/aromatic N) is 1. The largest absolute Gasteiger partial charge is 0.375 e. The van der Waals surface area contributed by atoms with E-state index in [1.807, 2.05) is 24.5 Å². The molecular formula is C18H20N2O. The van der Waals surface area contributed by atoms with Crippen LogP contribution in [0.25, 0.3) is 12.2 Å². The molecule has 1 atom stereocenters. The average molecular weight is 280 g/mol. The van der Waals surface area contributed by atoms with E-state index in [9.17, 15) is 0 Å². The number of nitrogens with one attached hydrogen (secondary N) is 1. The first-order valence-corrected chi connectivity index (χ1v) is 7.39. The molecule has 3 nitrogen and oxygen atoms in total. The summed E-state index contributed by atoms with van der Waals surface area (Å²) in [4.78, 5) is 4.03. The number of rotatable bonds is 4. The molecule has 1 N–H and O–H groups in total. The van der Waals surface area contributed by atoms with Crippen molar-refractivity contribution < 1.29 is 4.74 Å². The molecule has 1 aliphatic heterocycles. The van der Waals surface area contributed by atoms with E-state index in [1.54, 1.807) is 0 Å². The number of pyridine rings is 1. The van der Waals surface area contributed by atoms with E-state index in [4.69, 9.17) is 4.74 Å². The van der Waals surface area contributed by atoms with Gasteiger partial charge in [0.05, 0.1) is 12.7 Å². The molecular weight excluding hydrogens is 260 g/mol. The summed E-state index contributed by atoms with van der Waals surface area (Å²) < 4.78 is 5.76. The zero-order valence-corrected chi connectivity index (χ0v) is 12.0. The molecule has 2 aromatic rings. The molecule has 0 radical (unpaired) electrons. The number of benzene rings is 1. The normalized spacial score (nSPS) is 19.0. The quantitative estimate of drug-likeness (QED) is 0.935. The second kappa shape index (κ2) is 7.16. The molecule has 3 heteroatoms. The fourth-order valence-corrected chi connectivity index (χ4v) is 2.50. The number of aromatic nitrogens is 1. The Morgan fingerprint density at radius 3 is 2.81 bits per heavy atom. The van der Waals surface area contributed by atoms with Crippen molar-refractivity contribution in [2.45, 2.75) is 12.5 Å². The van der Waals surface area contributed by atoms with Crippen LogP contribution in [0.1, 0.15) is 16.7 Å². The van der Waals surface area contributed by atoms with Crippen LogP contribution in [0.15, 0.2) is 48.8 Å². The van der Waals surface area contributed by atoms with Crippen LogP contribution in [0.2, 0.25) is 0 Å². The molecule has 1 saturated heterocycles. The number of morpholine rings is 1. The average Bonchev–Trinajstić information content (AvgIpc) is 2.55. The summed E-state index contributed by atoms with van der Waals surface area (Å²) in [5.41, 5.74) is 3.70. The Labute approximate surface area is 125 Å². The van der Waals surface area contributed by atoms with Crippen LogP contribution in [-0.4, -0.2) is 30.8 Å². The Balaban J connectivity index is 1.66. The van der Waals surface area contributed by atoms with Crippen molar-refractivity contribution in [1.82, 2.24) is 10.3 Å². The highest BCUT2D eigenvalue weighted by Gasteiger charge is 2.13. The third-order valence-corrected chi connectivity index (χ3v) is 3.59. The monoisotopic (exact) mass is 280 g/mol. The lowest BCUT2D eigenvalue weighted by Gasteiger charge is -2.23. The third-order valence-electron chi connectivity index (χ3n) is 3.59. The van der Waals surface area contributed by atoms with Crippen molar-refractivity contribution >= 4 is 12.2 Å². The molecule has 1 aromatic carbocycles. The van der Waals surface area contributed by atoms with Gasteiger partial charge in [-0.05, 0) is 35.2 Å². The summed E-state index contributed by atoms with van der Waals surface area (Å²) in [6.45, 7) is 2.72. The van der Waals surface area contributed by atoms with E-state index in [2.05, 4.69) is 46.7 Å². The lowest BCUT2D eigenvalue weighted by atomic mass is 10.0. The number of ether oxygens (including phenoxy) is 1. The molecule has 0 spiro atoms. The van der Waals surface area contributed by atoms with Crippen LogP contribution in [-0.2, 0) is 11.2 Å². The van der Waals surface area contributed by atoms with Crippen molar-refractivity contribution in [3.63, 3.8) is 0 Å². The van der Waals surface area contributed by atoms with E-state index < -0.39 is 0 Å². The molecule has 1 aromatic heterocycles. The van der Waals surface area contributed by atoms with Gasteiger partial charge in [0.2, 0.25) is 0 Å². The summed E-state index contributed by atoms with van der Waals surface area (Å²) in [5.74, 6) is 0. The van der Waals surface area contributed by atoms with E-state index in [1.165, 1.54) is 11.1 Å². The van der Waals surface area contributed by atoms with Gasteiger partial charge in [-0.2, -0.15) is 0 Å². The van der Waals surface area contributed by atoms with Gasteiger partial charge in [-0.25, -0.2) is 0 Å². The summed E-state index contributed by atoms with van der Waals surface area (Å²) in [6.07, 6.45) is 9.12. The third kappa shape index (κ3) is 4.25. The molecule has 0 amide bonds. The van der Waals surface area contributed by atoms with Crippen molar-refractivity contribution in [2.24, 2.45) is 0 Å². The van der Waals surface area contributed by atoms with Gasteiger partial charge in [-0.1, -0.05) is 36.4 Å². The van der Waals surface area contributed by atoms with Gasteiger partial charge in [-0.3, -0.25) is 4.98 Å². The lowest BCUT2D eigenvalue weighted by Crippen LogP contribution is -2.39. The molecule has 1 fully saturated rings. The molecule has 0 saturated carbocycles. The predicted molar refractivity (Wildman–Crippen MR) is 85.9 cm³/mol. The minimum Gasteiger partial charge on any atom is -0.375 e. The van der Waals surface area contributed by atoms with Crippen LogP contribution < -0.4 is 5.32 Å². The fourth-order valence-electron chi connectivity index (χ4n) is 2.50. The van der Waals surface area contributed by atoms with Crippen LogP contribution in [0, 0.1) is 0 Å². The molecule has 21 heavy (non-hydrogen) atoms. The molecule has 0 unspecified atom stereocenters. The van der Waals surface area contributed by atoms with Gasteiger partial charge >= 0.3 is 0 Å². The van der Waals surface area contributed by atoms with Gasteiger partial charge in [0, 0.05) is 25.5 Å². The van der Waals surface area contributed by atoms with Crippen molar-refractivity contribution in [3.05, 3.63) is 65.5 Å². The lowest BCUT2D eigenvalue weighted by molar-refractivity contribution is 0.0292. The summed E-state index contributed by atoms with van der Waals surface area (Å²) in [5, 5.41) is 3.37. The maximum Gasteiger partial charge on any atom is 0.0740 e. The molecule has 3 rings (SSSR count). The summed E-state index contributed by atoms with van der Waals surface area (Å²) in [6, 6.07) is 12.6. The smallest absolute Gasteiger partial charge is 0.0740 e. The SMILES string of the molecule is C(=Cc1cccc(C[C@@H]2CNCCO2)c1)c1ccncc1. The first kappa shape index (κ1) is 14.0. The van der Waals surface area contributed by atoms with Crippen LogP contribution in [0.5, 0.6) is 0 Å². The summed E-state index contributed by atoms with van der Waals surface area (Å²) in [7, 11) is 0. The first-order chi connectivity index (χ1) is 10.4. The van der Waals surface area contributed by atoms with Gasteiger partial charge in [0.25, 0.3) is 0 Å². The Bertz CT molecular complexity index is 589. The standard InChI is InChI=1S/C18H20N2O/c1-2-16(5-4-15-6-8-19-9-7-15)12-17(3-1)13-18-14-20-10-11-21-18/h1-9,12,18,20H,10-11,13-14H2/t18-/m1/s1. The van der Waals surface area contributed by atoms with Gasteiger partial charge < -0.3 is 10.1 Å². The highest BCUT2D eigenvalue weighted by molar-refractivity contribution is 5.69. The van der Waals surface area contributed by atoms with Crippen LogP contribution in [0.4, 0.5) is 0 Å². The molecule has 0 bridgehead atoms. The van der Waals surface area contributed by atoms with E-state index in [-0.39, 0.29) is 6.10 Å². The summed E-state index contributed by atoms with van der Waals surface area (Å²) >= 11 is 0. The van der Waals surface area contributed by atoms with E-state index in [0.717, 1.165) is 31.7 Å². The van der Waals surface area contributed by atoms with Crippen molar-refractivity contribution in [3.8, 4) is 0 Å². The Kier molecular flexibility index (Phi) is 4.77. The zero-order chi connectivity index (χ0) is 14.3. The Morgan fingerprint density at radius 1 is 1.14 bits per heavy atom. The highest BCUT2D eigenvalue weighted by atomic mass is 16.5. The van der Waals surface area contributed by atoms with Gasteiger partial charge in [-0.15, -0.1) is 0 Å². The zero-order valence-electron chi connectivity index (χ0n) is 12.0. The van der Waals surface area contributed by atoms with E-state index >= 15 is 0 Å². The Morgan fingerprint density at radius 2 is 2.00 bits per heavy atom. The molecule has 1 aliphatic rings. The second-order valence-electron chi connectivity index (χ2n) is 5.26. The van der Waals surface area contributed by atoms with Crippen LogP contribution in [0.3, 0.4) is 0 Å². The molecule has 108 valence electrons. The van der Waals surface area contributed by atoms with Crippen LogP contribution >= 0.6 is 0 Å². The van der Waals surface area contributed by atoms with Gasteiger partial charge in [0.1, 0.15) is 0 Å². The minimum atomic E-state index is 0.290. The fraction of sp³-hybridized carbons (Fsp3) is 0.278. The minimum absolute atomic E-state index is 0.290. The number of hydrogen-bond donors (Lipinski definition) is 1. The maximum absolute atomic E-state index is 5.76. The van der Waals surface area contributed by atoms with E-state index in [0.29, 0.717) is 0 Å². The topological polar surface area (TPSA) is 34.1 Å². The molecule has 0 aliphatic carbocycles. The number of hydrogen-bond acceptors (Lipinski definition) is 3. The first-order valence-electron chi connectivity index (χ1n) is 7.39. The van der Waals surface area contributed by atoms with Gasteiger partial charge in [0.15, 0.2) is 0 Å². The van der Waals surface area contributed by atoms with Crippen molar-refractivity contribution in [1.29, 1.82) is 0 Å². The second-order valence-corrected chi connectivity index (χ2v) is 5.26. The van der Waals surface area contributed by atoms with Crippen molar-refractivity contribution in [2.75, 3.05) is 19.7 Å². The molecule has 2 heterocycles. The Hall–Kier alpha value is -1.97.